The van der Waals surface area contributed by atoms with Crippen LogP contribution in [0.3, 0.4) is 0 Å². The lowest BCUT2D eigenvalue weighted by atomic mass is 9.99. The van der Waals surface area contributed by atoms with E-state index < -0.39 is 11.7 Å². The van der Waals surface area contributed by atoms with E-state index in [1.807, 2.05) is 13.0 Å². The molecule has 1 aliphatic heterocycles. The van der Waals surface area contributed by atoms with Gasteiger partial charge in [0.05, 0.1) is 12.2 Å². The molecule has 2 heterocycles. The monoisotopic (exact) mass is 472 g/mol. The number of halogens is 3. The van der Waals surface area contributed by atoms with Crippen LogP contribution in [0, 0.1) is 11.8 Å². The molecule has 0 bridgehead atoms. The van der Waals surface area contributed by atoms with Gasteiger partial charge in [-0.15, -0.1) is 0 Å². The molecule has 4 rings (SSSR count). The maximum absolute atomic E-state index is 13.8. The van der Waals surface area contributed by atoms with Gasteiger partial charge in [0.2, 0.25) is 6.79 Å². The van der Waals surface area contributed by atoms with Crippen molar-refractivity contribution in [2.75, 3.05) is 18.7 Å². The summed E-state index contributed by atoms with van der Waals surface area (Å²) in [4.78, 5) is 4.28. The number of rotatable bonds is 8. The van der Waals surface area contributed by atoms with Crippen molar-refractivity contribution >= 4 is 11.5 Å². The lowest BCUT2D eigenvalue weighted by molar-refractivity contribution is -0.139. The van der Waals surface area contributed by atoms with E-state index in [4.69, 9.17) is 14.2 Å². The van der Waals surface area contributed by atoms with Crippen LogP contribution in [0.15, 0.2) is 54.7 Å². The van der Waals surface area contributed by atoms with Crippen LogP contribution >= 0.6 is 0 Å². The van der Waals surface area contributed by atoms with E-state index in [-0.39, 0.29) is 25.1 Å². The first-order valence-electron chi connectivity index (χ1n) is 11.2. The van der Waals surface area contributed by atoms with Crippen molar-refractivity contribution in [2.24, 2.45) is 11.8 Å². The third-order valence-corrected chi connectivity index (χ3v) is 5.42. The van der Waals surface area contributed by atoms with E-state index in [0.717, 1.165) is 18.2 Å². The van der Waals surface area contributed by atoms with Crippen molar-refractivity contribution in [3.05, 3.63) is 60.3 Å². The summed E-state index contributed by atoms with van der Waals surface area (Å²) >= 11 is 0. The molecule has 0 amide bonds. The molecule has 0 aliphatic carbocycles. The molecular weight excluding hydrogens is 445 g/mol. The first kappa shape index (κ1) is 23.7. The lowest BCUT2D eigenvalue weighted by Gasteiger charge is -2.19. The first-order chi connectivity index (χ1) is 16.2. The molecule has 0 radical (unpaired) electrons. The zero-order valence-corrected chi connectivity index (χ0v) is 19.3. The Bertz CT molecular complexity index is 1150. The van der Waals surface area contributed by atoms with Crippen LogP contribution in [0.5, 0.6) is 17.2 Å². The standard InChI is InChI=1S/C26H27F3N2O3/c1-16(2)10-17(3)14-32-22-6-4-18(11-21(22)26(27,28)29)19-8-9-30-25(12-19)31-20-5-7-23-24(13-20)34-15-33-23/h4-9,11-13,16-17H,10,14-15H2,1-3H3,(H,30,31). The summed E-state index contributed by atoms with van der Waals surface area (Å²) < 4.78 is 57.8. The highest BCUT2D eigenvalue weighted by Gasteiger charge is 2.35. The summed E-state index contributed by atoms with van der Waals surface area (Å²) in [6.45, 7) is 6.55. The first-order valence-corrected chi connectivity index (χ1v) is 11.2. The van der Waals surface area contributed by atoms with Crippen LogP contribution in [0.2, 0.25) is 0 Å². The summed E-state index contributed by atoms with van der Waals surface area (Å²) in [5.41, 5.74) is 0.961. The third kappa shape index (κ3) is 5.73. The fourth-order valence-electron chi connectivity index (χ4n) is 3.96. The highest BCUT2D eigenvalue weighted by atomic mass is 19.4. The van der Waals surface area contributed by atoms with Gasteiger partial charge in [0.15, 0.2) is 11.5 Å². The molecule has 1 unspecified atom stereocenters. The summed E-state index contributed by atoms with van der Waals surface area (Å²) in [5.74, 6) is 2.23. The molecule has 1 aromatic heterocycles. The number of ether oxygens (including phenoxy) is 3. The normalized spacial score (nSPS) is 13.7. The Morgan fingerprint density at radius 2 is 1.74 bits per heavy atom. The van der Waals surface area contributed by atoms with Crippen LogP contribution in [0.1, 0.15) is 32.8 Å². The van der Waals surface area contributed by atoms with Gasteiger partial charge in [-0.3, -0.25) is 0 Å². The zero-order valence-electron chi connectivity index (χ0n) is 19.3. The number of benzene rings is 2. The molecule has 1 atom stereocenters. The van der Waals surface area contributed by atoms with Crippen LogP contribution in [-0.4, -0.2) is 18.4 Å². The van der Waals surface area contributed by atoms with Crippen molar-refractivity contribution in [3.63, 3.8) is 0 Å². The second kappa shape index (κ2) is 9.83. The Hall–Kier alpha value is -3.42. The fraction of sp³-hybridized carbons (Fsp3) is 0.346. The average molecular weight is 473 g/mol. The van der Waals surface area contributed by atoms with Crippen molar-refractivity contribution in [2.45, 2.75) is 33.4 Å². The Morgan fingerprint density at radius 1 is 0.971 bits per heavy atom. The van der Waals surface area contributed by atoms with Crippen LogP contribution in [0.25, 0.3) is 11.1 Å². The Kier molecular flexibility index (Phi) is 6.86. The van der Waals surface area contributed by atoms with Crippen molar-refractivity contribution in [1.82, 2.24) is 4.98 Å². The lowest BCUT2D eigenvalue weighted by Crippen LogP contribution is -2.14. The summed E-state index contributed by atoms with van der Waals surface area (Å²) in [6.07, 6.45) is -2.10. The Balaban J connectivity index is 1.55. The highest BCUT2D eigenvalue weighted by molar-refractivity contribution is 5.71. The molecule has 34 heavy (non-hydrogen) atoms. The maximum Gasteiger partial charge on any atom is 0.419 e. The smallest absolute Gasteiger partial charge is 0.419 e. The predicted octanol–water partition coefficient (Wildman–Crippen LogP) is 7.30. The number of nitrogens with zero attached hydrogens (tertiary/aromatic N) is 1. The number of fused-ring (bicyclic) bond motifs is 1. The molecule has 0 saturated carbocycles. The Labute approximate surface area is 196 Å². The van der Waals surface area contributed by atoms with Gasteiger partial charge in [0.1, 0.15) is 11.6 Å². The molecule has 5 nitrogen and oxygen atoms in total. The number of anilines is 2. The minimum Gasteiger partial charge on any atom is -0.493 e. The van der Waals surface area contributed by atoms with E-state index in [2.05, 4.69) is 24.1 Å². The van der Waals surface area contributed by atoms with Gasteiger partial charge in [-0.05, 0) is 65.8 Å². The van der Waals surface area contributed by atoms with Gasteiger partial charge in [0, 0.05) is 18.0 Å². The molecule has 180 valence electrons. The molecule has 0 spiro atoms. The largest absolute Gasteiger partial charge is 0.493 e. The second-order valence-electron chi connectivity index (χ2n) is 8.88. The third-order valence-electron chi connectivity index (χ3n) is 5.42. The minimum atomic E-state index is -4.53. The van der Waals surface area contributed by atoms with Crippen molar-refractivity contribution in [1.29, 1.82) is 0 Å². The number of aromatic nitrogens is 1. The SMILES string of the molecule is CC(C)CC(C)COc1ccc(-c2ccnc(Nc3ccc4c(c3)OCO4)c2)cc1C(F)(F)F. The number of pyridine rings is 1. The van der Waals surface area contributed by atoms with Crippen LogP contribution < -0.4 is 19.5 Å². The predicted molar refractivity (Wildman–Crippen MR) is 125 cm³/mol. The molecule has 0 fully saturated rings. The van der Waals surface area contributed by atoms with Gasteiger partial charge in [-0.1, -0.05) is 26.8 Å². The van der Waals surface area contributed by atoms with Crippen LogP contribution in [0.4, 0.5) is 24.7 Å². The molecule has 1 aliphatic rings. The van der Waals surface area contributed by atoms with Gasteiger partial charge in [0.25, 0.3) is 0 Å². The van der Waals surface area contributed by atoms with Gasteiger partial charge >= 0.3 is 6.18 Å². The fourth-order valence-corrected chi connectivity index (χ4v) is 3.96. The van der Waals surface area contributed by atoms with Gasteiger partial charge in [-0.2, -0.15) is 13.2 Å². The zero-order chi connectivity index (χ0) is 24.3. The van der Waals surface area contributed by atoms with E-state index in [9.17, 15) is 13.2 Å². The second-order valence-corrected chi connectivity index (χ2v) is 8.88. The van der Waals surface area contributed by atoms with E-state index >= 15 is 0 Å². The average Bonchev–Trinajstić information content (AvgIpc) is 3.25. The van der Waals surface area contributed by atoms with Gasteiger partial charge < -0.3 is 19.5 Å². The minimum absolute atomic E-state index is 0.153. The quantitative estimate of drug-likeness (QED) is 0.373. The van der Waals surface area contributed by atoms with Crippen molar-refractivity contribution < 1.29 is 27.4 Å². The van der Waals surface area contributed by atoms with Crippen molar-refractivity contribution in [3.8, 4) is 28.4 Å². The highest BCUT2D eigenvalue weighted by Crippen LogP contribution is 2.40. The molecule has 1 N–H and O–H groups in total. The Morgan fingerprint density at radius 3 is 2.50 bits per heavy atom. The number of nitrogens with one attached hydrogen (secondary N) is 1. The summed E-state index contributed by atoms with van der Waals surface area (Å²) in [7, 11) is 0. The summed E-state index contributed by atoms with van der Waals surface area (Å²) in [6, 6.07) is 12.9. The molecule has 8 heteroatoms. The number of hydrogen-bond donors (Lipinski definition) is 1. The number of alkyl halides is 3. The van der Waals surface area contributed by atoms with E-state index in [1.165, 1.54) is 6.07 Å². The van der Waals surface area contributed by atoms with E-state index in [1.54, 1.807) is 36.5 Å². The molecular formula is C26H27F3N2O3. The number of hydrogen-bond acceptors (Lipinski definition) is 5. The molecule has 0 saturated heterocycles. The summed E-state index contributed by atoms with van der Waals surface area (Å²) in [5, 5.41) is 3.15. The topological polar surface area (TPSA) is 52.6 Å². The van der Waals surface area contributed by atoms with Crippen LogP contribution in [-0.2, 0) is 6.18 Å². The van der Waals surface area contributed by atoms with E-state index in [0.29, 0.717) is 34.4 Å². The maximum atomic E-state index is 13.8. The van der Waals surface area contributed by atoms with Gasteiger partial charge in [-0.25, -0.2) is 4.98 Å². The molecule has 2 aromatic carbocycles. The molecule has 3 aromatic rings.